The molecular weight excluding hydrogens is 466 g/mol. The molecule has 194 valence electrons. The maximum Gasteiger partial charge on any atom is 0.227 e. The molecule has 1 saturated carbocycles. The van der Waals surface area contributed by atoms with Crippen LogP contribution in [0.1, 0.15) is 44.6 Å². The van der Waals surface area contributed by atoms with Crippen LogP contribution in [-0.4, -0.2) is 60.2 Å². The third-order valence-electron chi connectivity index (χ3n) is 7.74. The standard InChI is InChI=1S/C27H34F2N4O3/c1-2-35-21-16-30-27(31-17-21)33-9-4-18(5-10-33)22-12-19(22)6-11-36-20-13-24(28)23(25(29)14-20)15-26(34)32-7-3-8-32/h13-14,16-19,22H,2-12,15H2,1H3/t19-,22-/m1/s1. The average molecular weight is 501 g/mol. The Morgan fingerprint density at radius 3 is 2.33 bits per heavy atom. The van der Waals surface area contributed by atoms with Gasteiger partial charge in [-0.05, 0) is 56.8 Å². The van der Waals surface area contributed by atoms with E-state index in [4.69, 9.17) is 9.47 Å². The fourth-order valence-corrected chi connectivity index (χ4v) is 5.41. The van der Waals surface area contributed by atoms with Gasteiger partial charge in [-0.25, -0.2) is 18.7 Å². The molecule has 2 aliphatic heterocycles. The summed E-state index contributed by atoms with van der Waals surface area (Å²) < 4.78 is 40.0. The van der Waals surface area contributed by atoms with Crippen molar-refractivity contribution in [2.24, 2.45) is 17.8 Å². The molecule has 1 amide bonds. The number of piperidine rings is 1. The molecule has 5 rings (SSSR count). The molecule has 0 spiro atoms. The molecule has 7 nitrogen and oxygen atoms in total. The number of carbonyl (C=O) groups is 1. The van der Waals surface area contributed by atoms with Crippen LogP contribution in [0.5, 0.6) is 11.5 Å². The number of amides is 1. The Morgan fingerprint density at radius 2 is 1.72 bits per heavy atom. The van der Waals surface area contributed by atoms with Crippen LogP contribution in [0, 0.1) is 29.4 Å². The van der Waals surface area contributed by atoms with Crippen molar-refractivity contribution in [3.63, 3.8) is 0 Å². The van der Waals surface area contributed by atoms with Gasteiger partial charge < -0.3 is 19.3 Å². The Balaban J connectivity index is 1.03. The Labute approximate surface area is 210 Å². The molecule has 0 N–H and O–H groups in total. The average Bonchev–Trinajstić information content (AvgIpc) is 3.61. The first-order valence-corrected chi connectivity index (χ1v) is 13.1. The van der Waals surface area contributed by atoms with Crippen molar-refractivity contribution < 1.29 is 23.0 Å². The number of ether oxygens (including phenoxy) is 2. The van der Waals surface area contributed by atoms with E-state index in [9.17, 15) is 13.6 Å². The van der Waals surface area contributed by atoms with E-state index in [0.717, 1.165) is 44.7 Å². The minimum Gasteiger partial charge on any atom is -0.493 e. The van der Waals surface area contributed by atoms with Gasteiger partial charge in [0.15, 0.2) is 5.75 Å². The molecular formula is C27H34F2N4O3. The molecule has 1 aromatic carbocycles. The van der Waals surface area contributed by atoms with Crippen molar-refractivity contribution in [3.05, 3.63) is 41.7 Å². The summed E-state index contributed by atoms with van der Waals surface area (Å²) >= 11 is 0. The normalized spacial score (nSPS) is 21.8. The predicted molar refractivity (Wildman–Crippen MR) is 131 cm³/mol. The smallest absolute Gasteiger partial charge is 0.227 e. The molecule has 2 saturated heterocycles. The number of anilines is 1. The number of halogens is 2. The van der Waals surface area contributed by atoms with Gasteiger partial charge in [-0.2, -0.15) is 0 Å². The number of hydrogen-bond donors (Lipinski definition) is 0. The Kier molecular flexibility index (Phi) is 7.53. The monoisotopic (exact) mass is 500 g/mol. The molecule has 3 fully saturated rings. The summed E-state index contributed by atoms with van der Waals surface area (Å²) in [5.74, 6) is 1.96. The van der Waals surface area contributed by atoms with Crippen LogP contribution in [-0.2, 0) is 11.2 Å². The highest BCUT2D eigenvalue weighted by Crippen LogP contribution is 2.49. The number of aromatic nitrogens is 2. The van der Waals surface area contributed by atoms with Gasteiger partial charge in [-0.1, -0.05) is 0 Å². The highest BCUT2D eigenvalue weighted by molar-refractivity contribution is 5.79. The van der Waals surface area contributed by atoms with E-state index in [2.05, 4.69) is 14.9 Å². The van der Waals surface area contributed by atoms with Crippen molar-refractivity contribution in [2.75, 3.05) is 44.3 Å². The van der Waals surface area contributed by atoms with Gasteiger partial charge in [0.2, 0.25) is 11.9 Å². The van der Waals surface area contributed by atoms with Crippen LogP contribution in [0.3, 0.4) is 0 Å². The van der Waals surface area contributed by atoms with Crippen LogP contribution in [0.2, 0.25) is 0 Å². The number of nitrogens with zero attached hydrogens (tertiary/aromatic N) is 4. The maximum atomic E-state index is 14.5. The minimum absolute atomic E-state index is 0.177. The summed E-state index contributed by atoms with van der Waals surface area (Å²) in [6, 6.07) is 2.40. The molecule has 2 atom stereocenters. The summed E-state index contributed by atoms with van der Waals surface area (Å²) in [4.78, 5) is 24.8. The van der Waals surface area contributed by atoms with E-state index in [1.165, 1.54) is 18.6 Å². The van der Waals surface area contributed by atoms with E-state index in [0.29, 0.717) is 49.8 Å². The molecule has 0 unspecified atom stereocenters. The quantitative estimate of drug-likeness (QED) is 0.486. The van der Waals surface area contributed by atoms with Crippen LogP contribution in [0.25, 0.3) is 0 Å². The number of hydrogen-bond acceptors (Lipinski definition) is 6. The molecule has 2 aromatic rings. The largest absolute Gasteiger partial charge is 0.493 e. The summed E-state index contributed by atoms with van der Waals surface area (Å²) in [7, 11) is 0. The van der Waals surface area contributed by atoms with Gasteiger partial charge in [-0.15, -0.1) is 0 Å². The Morgan fingerprint density at radius 1 is 1.03 bits per heavy atom. The third-order valence-corrected chi connectivity index (χ3v) is 7.74. The minimum atomic E-state index is -0.716. The van der Waals surface area contributed by atoms with Crippen molar-refractivity contribution in [2.45, 2.75) is 45.4 Å². The first-order valence-electron chi connectivity index (χ1n) is 13.1. The fraction of sp³-hybridized carbons (Fsp3) is 0.593. The molecule has 1 aliphatic carbocycles. The van der Waals surface area contributed by atoms with E-state index in [1.54, 1.807) is 17.3 Å². The van der Waals surface area contributed by atoms with Gasteiger partial charge in [0.25, 0.3) is 0 Å². The summed E-state index contributed by atoms with van der Waals surface area (Å²) in [6.45, 7) is 6.21. The molecule has 1 aromatic heterocycles. The van der Waals surface area contributed by atoms with Crippen LogP contribution >= 0.6 is 0 Å². The fourth-order valence-electron chi connectivity index (χ4n) is 5.41. The van der Waals surface area contributed by atoms with Crippen molar-refractivity contribution in [3.8, 4) is 11.5 Å². The van der Waals surface area contributed by atoms with Crippen LogP contribution in [0.4, 0.5) is 14.7 Å². The first-order chi connectivity index (χ1) is 17.5. The van der Waals surface area contributed by atoms with Gasteiger partial charge in [0, 0.05) is 43.9 Å². The Hall–Kier alpha value is -2.97. The van der Waals surface area contributed by atoms with Gasteiger partial charge in [0.1, 0.15) is 17.4 Å². The van der Waals surface area contributed by atoms with Gasteiger partial charge >= 0.3 is 0 Å². The lowest BCUT2D eigenvalue weighted by atomic mass is 9.90. The molecule has 36 heavy (non-hydrogen) atoms. The lowest BCUT2D eigenvalue weighted by Crippen LogP contribution is -2.43. The number of benzene rings is 1. The molecule has 0 bridgehead atoms. The molecule has 3 heterocycles. The highest BCUT2D eigenvalue weighted by atomic mass is 19.1. The van der Waals surface area contributed by atoms with Crippen molar-refractivity contribution in [1.82, 2.24) is 14.9 Å². The number of likely N-dealkylation sites (tertiary alicyclic amines) is 1. The van der Waals surface area contributed by atoms with Gasteiger partial charge in [-0.3, -0.25) is 4.79 Å². The molecule has 9 heteroatoms. The van der Waals surface area contributed by atoms with E-state index in [1.807, 2.05) is 6.92 Å². The topological polar surface area (TPSA) is 67.8 Å². The summed E-state index contributed by atoms with van der Waals surface area (Å²) in [5.41, 5.74) is -0.177. The zero-order valence-corrected chi connectivity index (χ0v) is 20.8. The lowest BCUT2D eigenvalue weighted by molar-refractivity contribution is -0.133. The van der Waals surface area contributed by atoms with Crippen molar-refractivity contribution in [1.29, 1.82) is 0 Å². The number of carbonyl (C=O) groups excluding carboxylic acids is 1. The van der Waals surface area contributed by atoms with Gasteiger partial charge in [0.05, 0.1) is 32.0 Å². The summed E-state index contributed by atoms with van der Waals surface area (Å²) in [6.07, 6.45) is 8.47. The Bertz CT molecular complexity index is 1030. The van der Waals surface area contributed by atoms with E-state index in [-0.39, 0.29) is 23.6 Å². The lowest BCUT2D eigenvalue weighted by Gasteiger charge is -2.32. The second-order valence-corrected chi connectivity index (χ2v) is 10.0. The van der Waals surface area contributed by atoms with E-state index < -0.39 is 11.6 Å². The zero-order chi connectivity index (χ0) is 25.1. The SMILES string of the molecule is CCOc1cnc(N2CCC([C@H]3C[C@H]3CCOc3cc(F)c(CC(=O)N4CCC4)c(F)c3)CC2)nc1. The predicted octanol–water partition coefficient (Wildman–Crippen LogP) is 4.25. The highest BCUT2D eigenvalue weighted by Gasteiger charge is 2.43. The van der Waals surface area contributed by atoms with Crippen LogP contribution < -0.4 is 14.4 Å². The summed E-state index contributed by atoms with van der Waals surface area (Å²) in [5, 5.41) is 0. The number of rotatable bonds is 10. The zero-order valence-electron chi connectivity index (χ0n) is 20.8. The van der Waals surface area contributed by atoms with E-state index >= 15 is 0 Å². The maximum absolute atomic E-state index is 14.5. The molecule has 0 radical (unpaired) electrons. The van der Waals surface area contributed by atoms with Crippen LogP contribution in [0.15, 0.2) is 24.5 Å². The molecule has 3 aliphatic rings. The second kappa shape index (κ2) is 11.0. The second-order valence-electron chi connectivity index (χ2n) is 10.0. The third kappa shape index (κ3) is 5.71. The first kappa shape index (κ1) is 24.7. The van der Waals surface area contributed by atoms with Crippen molar-refractivity contribution >= 4 is 11.9 Å².